The van der Waals surface area contributed by atoms with Crippen molar-refractivity contribution in [3.63, 3.8) is 0 Å². The molecule has 1 aromatic rings. The van der Waals surface area contributed by atoms with E-state index in [1.807, 2.05) is 24.3 Å². The minimum atomic E-state index is 0.793. The predicted octanol–water partition coefficient (Wildman–Crippen LogP) is 3.35. The molecule has 0 aliphatic heterocycles. The summed E-state index contributed by atoms with van der Waals surface area (Å²) in [5, 5.41) is 0. The molecule has 0 radical (unpaired) electrons. The monoisotopic (exact) mass is 244 g/mol. The first-order chi connectivity index (χ1) is 5.77. The van der Waals surface area contributed by atoms with Gasteiger partial charge in [-0.2, -0.15) is 0 Å². The minimum Gasteiger partial charge on any atom is -0.496 e. The van der Waals surface area contributed by atoms with Gasteiger partial charge in [0.1, 0.15) is 5.75 Å². The number of benzene rings is 1. The highest BCUT2D eigenvalue weighted by atomic mass is 79.9. The van der Waals surface area contributed by atoms with Crippen LogP contribution in [-0.2, 0) is 0 Å². The second-order valence-electron chi connectivity index (χ2n) is 2.22. The summed E-state index contributed by atoms with van der Waals surface area (Å²) in [5.74, 6) is 0.793. The maximum Gasteiger partial charge on any atom is 0.132 e. The molecular formula is C9H9BrOS. The van der Waals surface area contributed by atoms with Crippen molar-refractivity contribution in [2.75, 3.05) is 7.11 Å². The van der Waals surface area contributed by atoms with Gasteiger partial charge in [0.2, 0.25) is 0 Å². The summed E-state index contributed by atoms with van der Waals surface area (Å²) < 4.78 is 5.11. The van der Waals surface area contributed by atoms with Gasteiger partial charge in [0.05, 0.1) is 7.11 Å². The second kappa shape index (κ2) is 4.58. The molecule has 0 heterocycles. The molecule has 0 aromatic heterocycles. The van der Waals surface area contributed by atoms with Crippen molar-refractivity contribution in [2.45, 2.75) is 4.90 Å². The Balaban J connectivity index is 3.05. The van der Waals surface area contributed by atoms with Crippen molar-refractivity contribution in [1.82, 2.24) is 0 Å². The summed E-state index contributed by atoms with van der Waals surface area (Å²) in [5.41, 5.74) is 1.08. The van der Waals surface area contributed by atoms with Gasteiger partial charge in [-0.1, -0.05) is 22.0 Å². The zero-order valence-electron chi connectivity index (χ0n) is 6.62. The summed E-state index contributed by atoms with van der Waals surface area (Å²) in [6, 6.07) is 5.81. The van der Waals surface area contributed by atoms with Gasteiger partial charge < -0.3 is 4.74 Å². The molecule has 0 spiro atoms. The van der Waals surface area contributed by atoms with E-state index in [1.165, 1.54) is 0 Å². The van der Waals surface area contributed by atoms with Gasteiger partial charge in [0.25, 0.3) is 0 Å². The van der Waals surface area contributed by atoms with E-state index in [0.717, 1.165) is 16.2 Å². The highest BCUT2D eigenvalue weighted by molar-refractivity contribution is 9.11. The third-order valence-corrected chi connectivity index (χ3v) is 2.09. The number of halogens is 1. The first-order valence-corrected chi connectivity index (χ1v) is 4.78. The average molecular weight is 245 g/mol. The Labute approximate surface area is 86.0 Å². The van der Waals surface area contributed by atoms with Crippen molar-refractivity contribution in [3.05, 3.63) is 28.7 Å². The third-order valence-electron chi connectivity index (χ3n) is 1.46. The lowest BCUT2D eigenvalue weighted by molar-refractivity contribution is 0.405. The quantitative estimate of drug-likeness (QED) is 0.786. The zero-order valence-corrected chi connectivity index (χ0v) is 9.10. The van der Waals surface area contributed by atoms with Gasteiger partial charge in [-0.3, -0.25) is 0 Å². The van der Waals surface area contributed by atoms with Crippen LogP contribution < -0.4 is 4.74 Å². The van der Waals surface area contributed by atoms with E-state index in [-0.39, 0.29) is 0 Å². The number of rotatable bonds is 2. The molecule has 0 bridgehead atoms. The second-order valence-corrected chi connectivity index (χ2v) is 3.23. The Morgan fingerprint density at radius 1 is 1.50 bits per heavy atom. The molecule has 0 atom stereocenters. The van der Waals surface area contributed by atoms with Crippen LogP contribution >= 0.6 is 28.6 Å². The maximum atomic E-state index is 5.11. The molecule has 0 saturated heterocycles. The standard InChI is InChI=1S/C9H9BrOS/c1-11-8-6-7(4-5-10)2-3-9(8)12/h2-6,12H,1H3/b5-4+. The van der Waals surface area contributed by atoms with Crippen molar-refractivity contribution in [3.8, 4) is 5.75 Å². The van der Waals surface area contributed by atoms with Gasteiger partial charge in [0.15, 0.2) is 0 Å². The van der Waals surface area contributed by atoms with Crippen LogP contribution in [0, 0.1) is 0 Å². The molecule has 1 nitrogen and oxygen atoms in total. The smallest absolute Gasteiger partial charge is 0.132 e. The van der Waals surface area contributed by atoms with Crippen LogP contribution in [0.1, 0.15) is 5.56 Å². The SMILES string of the molecule is COc1cc(/C=C/Br)ccc1S. The molecule has 1 aromatic carbocycles. The van der Waals surface area contributed by atoms with Crippen molar-refractivity contribution in [2.24, 2.45) is 0 Å². The number of hydrogen-bond acceptors (Lipinski definition) is 2. The van der Waals surface area contributed by atoms with E-state index in [9.17, 15) is 0 Å². The number of ether oxygens (including phenoxy) is 1. The van der Waals surface area contributed by atoms with Gasteiger partial charge in [-0.05, 0) is 28.8 Å². The largest absolute Gasteiger partial charge is 0.496 e. The molecule has 0 N–H and O–H groups in total. The average Bonchev–Trinajstić information content (AvgIpc) is 2.09. The number of hydrogen-bond donors (Lipinski definition) is 1. The molecule has 12 heavy (non-hydrogen) atoms. The Bertz CT molecular complexity index is 297. The molecule has 0 aliphatic rings. The molecular weight excluding hydrogens is 236 g/mol. The fourth-order valence-corrected chi connectivity index (χ4v) is 1.41. The van der Waals surface area contributed by atoms with E-state index in [1.54, 1.807) is 12.1 Å². The van der Waals surface area contributed by atoms with Crippen LogP contribution in [0.3, 0.4) is 0 Å². The van der Waals surface area contributed by atoms with E-state index >= 15 is 0 Å². The lowest BCUT2D eigenvalue weighted by Gasteiger charge is -2.03. The lowest BCUT2D eigenvalue weighted by atomic mass is 10.2. The number of methoxy groups -OCH3 is 1. The zero-order chi connectivity index (χ0) is 8.97. The Hall–Kier alpha value is -0.410. The molecule has 3 heteroatoms. The Morgan fingerprint density at radius 2 is 2.25 bits per heavy atom. The van der Waals surface area contributed by atoms with Gasteiger partial charge >= 0.3 is 0 Å². The Morgan fingerprint density at radius 3 is 2.83 bits per heavy atom. The molecule has 0 saturated carbocycles. The summed E-state index contributed by atoms with van der Waals surface area (Å²) in [4.78, 5) is 2.66. The van der Waals surface area contributed by atoms with Crippen LogP contribution in [0.2, 0.25) is 0 Å². The molecule has 1 rings (SSSR count). The normalized spacial score (nSPS) is 10.6. The first kappa shape index (κ1) is 9.68. The van der Waals surface area contributed by atoms with E-state index in [2.05, 4.69) is 28.6 Å². The van der Waals surface area contributed by atoms with Crippen LogP contribution in [0.5, 0.6) is 5.75 Å². The molecule has 0 amide bonds. The van der Waals surface area contributed by atoms with Crippen LogP contribution in [0.15, 0.2) is 28.1 Å². The first-order valence-electron chi connectivity index (χ1n) is 3.41. The van der Waals surface area contributed by atoms with Gasteiger partial charge in [0, 0.05) is 4.90 Å². The highest BCUT2D eigenvalue weighted by Crippen LogP contribution is 2.23. The molecule has 0 aliphatic carbocycles. The van der Waals surface area contributed by atoms with E-state index in [4.69, 9.17) is 4.74 Å². The molecule has 64 valence electrons. The van der Waals surface area contributed by atoms with Gasteiger partial charge in [-0.15, -0.1) is 12.6 Å². The fraction of sp³-hybridized carbons (Fsp3) is 0.111. The lowest BCUT2D eigenvalue weighted by Crippen LogP contribution is -1.84. The van der Waals surface area contributed by atoms with Crippen molar-refractivity contribution < 1.29 is 4.74 Å². The summed E-state index contributed by atoms with van der Waals surface area (Å²) in [7, 11) is 1.64. The molecule has 0 fully saturated rings. The van der Waals surface area contributed by atoms with Crippen LogP contribution in [-0.4, -0.2) is 7.11 Å². The van der Waals surface area contributed by atoms with Gasteiger partial charge in [-0.25, -0.2) is 0 Å². The fourth-order valence-electron chi connectivity index (χ4n) is 0.871. The highest BCUT2D eigenvalue weighted by Gasteiger charge is 1.97. The minimum absolute atomic E-state index is 0.793. The maximum absolute atomic E-state index is 5.11. The summed E-state index contributed by atoms with van der Waals surface area (Å²) in [6.45, 7) is 0. The predicted molar refractivity (Wildman–Crippen MR) is 58.2 cm³/mol. The van der Waals surface area contributed by atoms with E-state index < -0.39 is 0 Å². The Kier molecular flexibility index (Phi) is 3.69. The topological polar surface area (TPSA) is 9.23 Å². The summed E-state index contributed by atoms with van der Waals surface area (Å²) in [6.07, 6.45) is 1.94. The van der Waals surface area contributed by atoms with E-state index in [0.29, 0.717) is 0 Å². The van der Waals surface area contributed by atoms with Crippen LogP contribution in [0.25, 0.3) is 6.08 Å². The van der Waals surface area contributed by atoms with Crippen molar-refractivity contribution >= 4 is 34.6 Å². The summed E-state index contributed by atoms with van der Waals surface area (Å²) >= 11 is 7.44. The van der Waals surface area contributed by atoms with Crippen LogP contribution in [0.4, 0.5) is 0 Å². The third kappa shape index (κ3) is 2.29. The van der Waals surface area contributed by atoms with Crippen molar-refractivity contribution in [1.29, 1.82) is 0 Å². The molecule has 0 unspecified atom stereocenters. The number of thiol groups is 1.